The van der Waals surface area contributed by atoms with Gasteiger partial charge in [0, 0.05) is 44.0 Å². The molecule has 1 aliphatic carbocycles. The Balaban J connectivity index is 1.56. The molecule has 4 nitrogen and oxygen atoms in total. The summed E-state index contributed by atoms with van der Waals surface area (Å²) in [5, 5.41) is 0. The normalized spacial score (nSPS) is 25.3. The molecule has 0 bridgehead atoms. The van der Waals surface area contributed by atoms with Gasteiger partial charge in [-0.3, -0.25) is 4.90 Å². The predicted molar refractivity (Wildman–Crippen MR) is 123 cm³/mol. The van der Waals surface area contributed by atoms with Gasteiger partial charge in [0.05, 0.1) is 0 Å². The highest BCUT2D eigenvalue weighted by Crippen LogP contribution is 2.47. The molecule has 2 atom stereocenters. The standard InChI is InChI=1S/C26H36N2O2/c1-3-29-21-30-25-14-9-11-23(20-25)26(15-8-7-10-22(26)2)28-18-16-27(17-19-28)24-12-5-4-6-13-24/h4-6,9,11-14,20,22H,3,7-8,10,15-19,21H2,1-2H3. The van der Waals surface area contributed by atoms with E-state index in [-0.39, 0.29) is 5.54 Å². The van der Waals surface area contributed by atoms with Crippen LogP contribution in [0.4, 0.5) is 5.69 Å². The van der Waals surface area contributed by atoms with Crippen LogP contribution in [0.2, 0.25) is 0 Å². The molecule has 2 fully saturated rings. The topological polar surface area (TPSA) is 24.9 Å². The summed E-state index contributed by atoms with van der Waals surface area (Å²) in [5.41, 5.74) is 2.86. The molecule has 4 heteroatoms. The average molecular weight is 409 g/mol. The second-order valence-electron chi connectivity index (χ2n) is 8.66. The number of hydrogen-bond donors (Lipinski definition) is 0. The Morgan fingerprint density at radius 2 is 1.77 bits per heavy atom. The Hall–Kier alpha value is -2.04. The first-order chi connectivity index (χ1) is 14.7. The molecule has 0 radical (unpaired) electrons. The summed E-state index contributed by atoms with van der Waals surface area (Å²) in [6, 6.07) is 19.6. The van der Waals surface area contributed by atoms with Crippen molar-refractivity contribution >= 4 is 5.69 Å². The molecule has 2 aromatic carbocycles. The lowest BCUT2D eigenvalue weighted by Gasteiger charge is -2.53. The molecule has 162 valence electrons. The Bertz CT molecular complexity index is 789. The maximum Gasteiger partial charge on any atom is 0.189 e. The molecular formula is C26H36N2O2. The third kappa shape index (κ3) is 4.35. The number of benzene rings is 2. The van der Waals surface area contributed by atoms with Gasteiger partial charge in [0.2, 0.25) is 0 Å². The van der Waals surface area contributed by atoms with E-state index in [9.17, 15) is 0 Å². The van der Waals surface area contributed by atoms with E-state index in [0.29, 0.717) is 19.3 Å². The quantitative estimate of drug-likeness (QED) is 0.459. The predicted octanol–water partition coefficient (Wildman–Crippen LogP) is 5.29. The van der Waals surface area contributed by atoms with Crippen molar-refractivity contribution in [2.24, 2.45) is 5.92 Å². The Morgan fingerprint density at radius 1 is 0.967 bits per heavy atom. The van der Waals surface area contributed by atoms with Crippen LogP contribution in [0.1, 0.15) is 45.1 Å². The summed E-state index contributed by atoms with van der Waals surface area (Å²) in [7, 11) is 0. The van der Waals surface area contributed by atoms with Crippen molar-refractivity contribution in [2.75, 3.05) is 44.5 Å². The smallest absolute Gasteiger partial charge is 0.189 e. The van der Waals surface area contributed by atoms with Crippen LogP contribution in [0, 0.1) is 5.92 Å². The molecule has 1 heterocycles. The number of piperazine rings is 1. The third-order valence-corrected chi connectivity index (χ3v) is 7.07. The molecule has 0 aromatic heterocycles. The molecule has 1 aliphatic heterocycles. The van der Waals surface area contributed by atoms with Gasteiger partial charge in [-0.15, -0.1) is 0 Å². The van der Waals surface area contributed by atoms with Gasteiger partial charge in [0.25, 0.3) is 0 Å². The molecule has 0 amide bonds. The van der Waals surface area contributed by atoms with E-state index in [0.717, 1.165) is 31.9 Å². The van der Waals surface area contributed by atoms with Crippen LogP contribution in [-0.2, 0) is 10.3 Å². The summed E-state index contributed by atoms with van der Waals surface area (Å²) in [5.74, 6) is 1.55. The zero-order chi connectivity index (χ0) is 20.8. The zero-order valence-corrected chi connectivity index (χ0v) is 18.6. The van der Waals surface area contributed by atoms with Gasteiger partial charge < -0.3 is 14.4 Å². The molecule has 30 heavy (non-hydrogen) atoms. The second kappa shape index (κ2) is 9.84. The fourth-order valence-corrected chi connectivity index (χ4v) is 5.46. The van der Waals surface area contributed by atoms with Crippen LogP contribution in [0.5, 0.6) is 5.75 Å². The van der Waals surface area contributed by atoms with Crippen molar-refractivity contribution < 1.29 is 9.47 Å². The number of ether oxygens (including phenoxy) is 2. The minimum Gasteiger partial charge on any atom is -0.468 e. The van der Waals surface area contributed by atoms with Gasteiger partial charge in [-0.25, -0.2) is 0 Å². The molecule has 1 saturated heterocycles. The van der Waals surface area contributed by atoms with E-state index in [1.54, 1.807) is 0 Å². The van der Waals surface area contributed by atoms with E-state index < -0.39 is 0 Å². The first kappa shape index (κ1) is 21.2. The van der Waals surface area contributed by atoms with E-state index in [1.165, 1.54) is 36.9 Å². The van der Waals surface area contributed by atoms with Gasteiger partial charge in [0.15, 0.2) is 6.79 Å². The first-order valence-electron chi connectivity index (χ1n) is 11.6. The monoisotopic (exact) mass is 408 g/mol. The number of para-hydroxylation sites is 1. The zero-order valence-electron chi connectivity index (χ0n) is 18.6. The first-order valence-corrected chi connectivity index (χ1v) is 11.6. The maximum atomic E-state index is 5.87. The largest absolute Gasteiger partial charge is 0.468 e. The van der Waals surface area contributed by atoms with Crippen LogP contribution < -0.4 is 9.64 Å². The van der Waals surface area contributed by atoms with E-state index >= 15 is 0 Å². The molecule has 4 rings (SSSR count). The minimum atomic E-state index is 0.103. The number of hydrogen-bond acceptors (Lipinski definition) is 4. The van der Waals surface area contributed by atoms with Gasteiger partial charge in [0.1, 0.15) is 5.75 Å². The van der Waals surface area contributed by atoms with Gasteiger partial charge in [-0.2, -0.15) is 0 Å². The molecule has 0 spiro atoms. The Labute approximate surface area is 181 Å². The third-order valence-electron chi connectivity index (χ3n) is 7.07. The molecule has 2 aliphatic rings. The van der Waals surface area contributed by atoms with Crippen molar-refractivity contribution in [3.05, 3.63) is 60.2 Å². The SMILES string of the molecule is CCOCOc1cccc(C2(N3CCN(c4ccccc4)CC3)CCCCC2C)c1. The summed E-state index contributed by atoms with van der Waals surface area (Å²) < 4.78 is 11.3. The van der Waals surface area contributed by atoms with Crippen molar-refractivity contribution in [2.45, 2.75) is 45.1 Å². The van der Waals surface area contributed by atoms with Crippen LogP contribution in [0.15, 0.2) is 54.6 Å². The number of nitrogens with zero attached hydrogens (tertiary/aromatic N) is 2. The van der Waals surface area contributed by atoms with Crippen molar-refractivity contribution in [1.82, 2.24) is 4.90 Å². The highest BCUT2D eigenvalue weighted by molar-refractivity contribution is 5.46. The van der Waals surface area contributed by atoms with Gasteiger partial charge >= 0.3 is 0 Å². The molecule has 1 saturated carbocycles. The Kier molecular flexibility index (Phi) is 6.96. The van der Waals surface area contributed by atoms with Crippen LogP contribution >= 0.6 is 0 Å². The summed E-state index contributed by atoms with van der Waals surface area (Å²) in [4.78, 5) is 5.30. The lowest BCUT2D eigenvalue weighted by Crippen LogP contribution is -2.59. The van der Waals surface area contributed by atoms with Gasteiger partial charge in [-0.1, -0.05) is 50.1 Å². The van der Waals surface area contributed by atoms with Gasteiger partial charge in [-0.05, 0) is 55.5 Å². The van der Waals surface area contributed by atoms with E-state index in [4.69, 9.17) is 9.47 Å². The average Bonchev–Trinajstić information content (AvgIpc) is 2.81. The van der Waals surface area contributed by atoms with Crippen molar-refractivity contribution in [1.29, 1.82) is 0 Å². The lowest BCUT2D eigenvalue weighted by molar-refractivity contribution is -0.00313. The maximum absolute atomic E-state index is 5.87. The minimum absolute atomic E-state index is 0.103. The van der Waals surface area contributed by atoms with Crippen molar-refractivity contribution in [3.8, 4) is 5.75 Å². The summed E-state index contributed by atoms with van der Waals surface area (Å²) >= 11 is 0. The lowest BCUT2D eigenvalue weighted by atomic mass is 9.68. The second-order valence-corrected chi connectivity index (χ2v) is 8.66. The highest BCUT2D eigenvalue weighted by Gasteiger charge is 2.45. The summed E-state index contributed by atoms with van der Waals surface area (Å²) in [6.45, 7) is 9.80. The van der Waals surface area contributed by atoms with Crippen LogP contribution in [-0.4, -0.2) is 44.5 Å². The van der Waals surface area contributed by atoms with E-state index in [2.05, 4.69) is 71.3 Å². The number of rotatable bonds is 7. The van der Waals surface area contributed by atoms with Crippen LogP contribution in [0.25, 0.3) is 0 Å². The van der Waals surface area contributed by atoms with E-state index in [1.807, 2.05) is 6.92 Å². The number of anilines is 1. The molecule has 2 aromatic rings. The van der Waals surface area contributed by atoms with Crippen LogP contribution in [0.3, 0.4) is 0 Å². The molecule has 0 N–H and O–H groups in total. The summed E-state index contributed by atoms with van der Waals surface area (Å²) in [6.07, 6.45) is 5.16. The molecular weight excluding hydrogens is 372 g/mol. The fourth-order valence-electron chi connectivity index (χ4n) is 5.46. The Morgan fingerprint density at radius 3 is 2.50 bits per heavy atom. The van der Waals surface area contributed by atoms with Crippen molar-refractivity contribution in [3.63, 3.8) is 0 Å². The molecule has 2 unspecified atom stereocenters. The highest BCUT2D eigenvalue weighted by atomic mass is 16.7. The fraction of sp³-hybridized carbons (Fsp3) is 0.538.